The molecule has 0 spiro atoms. The molecular weight excluding hydrogens is 127 g/mol. The summed E-state index contributed by atoms with van der Waals surface area (Å²) in [5.74, 6) is 0.792. The summed E-state index contributed by atoms with van der Waals surface area (Å²) in [6, 6.07) is 0. The Morgan fingerprint density at radius 2 is 2.00 bits per heavy atom. The van der Waals surface area contributed by atoms with Gasteiger partial charge in [0.25, 0.3) is 0 Å². The van der Waals surface area contributed by atoms with Crippen LogP contribution in [0.2, 0.25) is 0 Å². The molecule has 0 aromatic rings. The highest BCUT2D eigenvalue weighted by Crippen LogP contribution is 2.35. The fourth-order valence-corrected chi connectivity index (χ4v) is 0.519. The van der Waals surface area contributed by atoms with Crippen LogP contribution in [-0.2, 0) is 4.57 Å². The zero-order valence-electron chi connectivity index (χ0n) is 4.19. The number of hydrogen-bond donors (Lipinski definition) is 2. The fourth-order valence-electron chi connectivity index (χ4n) is 0.173. The number of hydrogen-bond acceptors (Lipinski definition) is 1. The summed E-state index contributed by atoms with van der Waals surface area (Å²) in [6.07, 6.45) is 2.51. The summed E-state index contributed by atoms with van der Waals surface area (Å²) < 4.78 is 9.95. The quantitative estimate of drug-likeness (QED) is 0.435. The molecule has 0 aliphatic heterocycles. The van der Waals surface area contributed by atoms with Crippen molar-refractivity contribution in [3.8, 4) is 0 Å². The molecule has 0 heterocycles. The third-order valence-corrected chi connectivity index (χ3v) is 0.977. The van der Waals surface area contributed by atoms with Gasteiger partial charge in [-0.05, 0) is 0 Å². The van der Waals surface area contributed by atoms with Crippen LogP contribution in [0.25, 0.3) is 0 Å². The minimum atomic E-state index is -3.93. The van der Waals surface area contributed by atoms with Crippen molar-refractivity contribution in [1.29, 1.82) is 0 Å². The van der Waals surface area contributed by atoms with Gasteiger partial charge >= 0.3 is 7.60 Å². The van der Waals surface area contributed by atoms with Crippen LogP contribution >= 0.6 is 7.60 Å². The molecule has 2 N–H and O–H groups in total. The highest BCUT2D eigenvalue weighted by molar-refractivity contribution is 7.55. The Bertz CT molecular complexity index is 143. The van der Waals surface area contributed by atoms with Crippen LogP contribution in [0.5, 0.6) is 0 Å². The lowest BCUT2D eigenvalue weighted by Crippen LogP contribution is -1.65. The van der Waals surface area contributed by atoms with Gasteiger partial charge in [-0.3, -0.25) is 4.57 Å². The summed E-state index contributed by atoms with van der Waals surface area (Å²) in [4.78, 5) is 16.3. The van der Waals surface area contributed by atoms with Gasteiger partial charge in [0.2, 0.25) is 0 Å². The second-order valence-electron chi connectivity index (χ2n) is 1.17. The van der Waals surface area contributed by atoms with Crippen molar-refractivity contribution < 1.29 is 14.4 Å². The van der Waals surface area contributed by atoms with Crippen molar-refractivity contribution in [3.05, 3.63) is 24.5 Å². The van der Waals surface area contributed by atoms with Crippen molar-refractivity contribution in [2.45, 2.75) is 0 Å². The van der Waals surface area contributed by atoms with Crippen molar-refractivity contribution in [1.82, 2.24) is 0 Å². The van der Waals surface area contributed by atoms with Gasteiger partial charge in [0.05, 0.1) is 0 Å². The van der Waals surface area contributed by atoms with E-state index in [0.29, 0.717) is 0 Å². The molecule has 0 fully saturated rings. The zero-order chi connectivity index (χ0) is 6.62. The maximum Gasteiger partial charge on any atom is 0.349 e. The Morgan fingerprint density at radius 3 is 2.12 bits per heavy atom. The lowest BCUT2D eigenvalue weighted by Gasteiger charge is -1.89. The van der Waals surface area contributed by atoms with E-state index < -0.39 is 7.60 Å². The summed E-state index contributed by atoms with van der Waals surface area (Å²) in [7, 11) is -3.93. The van der Waals surface area contributed by atoms with Gasteiger partial charge in [-0.25, -0.2) is 0 Å². The molecule has 0 aromatic carbocycles. The van der Waals surface area contributed by atoms with Crippen LogP contribution in [-0.4, -0.2) is 9.79 Å². The zero-order valence-corrected chi connectivity index (χ0v) is 5.08. The van der Waals surface area contributed by atoms with E-state index in [-0.39, 0.29) is 0 Å². The van der Waals surface area contributed by atoms with Crippen molar-refractivity contribution in [2.24, 2.45) is 0 Å². The first-order valence-corrected chi connectivity index (χ1v) is 3.60. The molecule has 0 aliphatic rings. The minimum absolute atomic E-state index is 0.792. The number of allylic oxidation sites excluding steroid dienone is 2. The number of rotatable bonds is 2. The highest BCUT2D eigenvalue weighted by atomic mass is 31.2. The predicted molar refractivity (Wildman–Crippen MR) is 31.4 cm³/mol. The maximum absolute atomic E-state index is 9.95. The molecule has 0 bridgehead atoms. The molecule has 0 atom stereocenters. The van der Waals surface area contributed by atoms with Crippen LogP contribution in [0, 0.1) is 0 Å². The van der Waals surface area contributed by atoms with E-state index in [9.17, 15) is 4.57 Å². The third-order valence-electron chi connectivity index (χ3n) is 0.416. The first-order valence-electron chi connectivity index (χ1n) is 1.92. The van der Waals surface area contributed by atoms with Crippen molar-refractivity contribution in [3.63, 3.8) is 0 Å². The molecular formula is C4H7O3P. The van der Waals surface area contributed by atoms with E-state index in [0.717, 1.165) is 5.82 Å². The van der Waals surface area contributed by atoms with Crippen LogP contribution in [0.15, 0.2) is 24.5 Å². The predicted octanol–water partition coefficient (Wildman–Crippen LogP) is 0.864. The molecule has 4 heteroatoms. The molecule has 46 valence electrons. The second-order valence-corrected chi connectivity index (χ2v) is 2.64. The standard InChI is InChI=1S/C4H7O3P/c1-2-3-4-8(5,6)7/h2-4H,1H2,(H2,5,6,7). The van der Waals surface area contributed by atoms with E-state index >= 15 is 0 Å². The van der Waals surface area contributed by atoms with E-state index in [1.54, 1.807) is 0 Å². The monoisotopic (exact) mass is 134 g/mol. The van der Waals surface area contributed by atoms with Gasteiger partial charge in [-0.15, -0.1) is 0 Å². The lowest BCUT2D eigenvalue weighted by molar-refractivity contribution is 0.386. The molecule has 8 heavy (non-hydrogen) atoms. The first-order chi connectivity index (χ1) is 3.56. The van der Waals surface area contributed by atoms with Crippen LogP contribution in [0.4, 0.5) is 0 Å². The van der Waals surface area contributed by atoms with E-state index in [1.165, 1.54) is 12.2 Å². The van der Waals surface area contributed by atoms with E-state index in [1.807, 2.05) is 0 Å². The molecule has 0 amide bonds. The van der Waals surface area contributed by atoms with Crippen molar-refractivity contribution in [2.75, 3.05) is 0 Å². The normalized spacial score (nSPS) is 12.2. The third kappa shape index (κ3) is 5.63. The van der Waals surface area contributed by atoms with Gasteiger partial charge in [-0.2, -0.15) is 0 Å². The summed E-state index contributed by atoms with van der Waals surface area (Å²) in [6.45, 7) is 3.23. The van der Waals surface area contributed by atoms with Gasteiger partial charge in [0.15, 0.2) is 0 Å². The molecule has 0 saturated carbocycles. The molecule has 0 saturated heterocycles. The van der Waals surface area contributed by atoms with Crippen LogP contribution < -0.4 is 0 Å². The first kappa shape index (κ1) is 7.63. The summed E-state index contributed by atoms with van der Waals surface area (Å²) in [5, 5.41) is 0. The molecule has 0 unspecified atom stereocenters. The largest absolute Gasteiger partial charge is 0.349 e. The van der Waals surface area contributed by atoms with Gasteiger partial charge in [0.1, 0.15) is 0 Å². The van der Waals surface area contributed by atoms with Gasteiger partial charge < -0.3 is 9.79 Å². The van der Waals surface area contributed by atoms with Crippen LogP contribution in [0.3, 0.4) is 0 Å². The Balaban J connectivity index is 3.89. The SMILES string of the molecule is C=CC=CP(=O)(O)O. The minimum Gasteiger partial charge on any atom is -0.321 e. The average molecular weight is 134 g/mol. The molecule has 0 aromatic heterocycles. The molecule has 0 aliphatic carbocycles. The molecule has 0 rings (SSSR count). The van der Waals surface area contributed by atoms with Crippen molar-refractivity contribution >= 4 is 7.60 Å². The fraction of sp³-hybridized carbons (Fsp3) is 0. The second kappa shape index (κ2) is 2.82. The highest BCUT2D eigenvalue weighted by Gasteiger charge is 2.02. The smallest absolute Gasteiger partial charge is 0.321 e. The van der Waals surface area contributed by atoms with Gasteiger partial charge in [0, 0.05) is 5.82 Å². The Labute approximate surface area is 47.5 Å². The topological polar surface area (TPSA) is 57.5 Å². The lowest BCUT2D eigenvalue weighted by atomic mass is 10.6. The summed E-state index contributed by atoms with van der Waals surface area (Å²) >= 11 is 0. The van der Waals surface area contributed by atoms with E-state index in [2.05, 4.69) is 6.58 Å². The van der Waals surface area contributed by atoms with Gasteiger partial charge in [-0.1, -0.05) is 18.7 Å². The average Bonchev–Trinajstić information content (AvgIpc) is 1.59. The Hall–Kier alpha value is -0.370. The molecule has 3 nitrogen and oxygen atoms in total. The van der Waals surface area contributed by atoms with E-state index in [4.69, 9.17) is 9.79 Å². The Morgan fingerprint density at radius 1 is 1.50 bits per heavy atom. The summed E-state index contributed by atoms with van der Waals surface area (Å²) in [5.41, 5.74) is 0. The Kier molecular flexibility index (Phi) is 2.69. The molecule has 0 radical (unpaired) electrons. The maximum atomic E-state index is 9.95. The van der Waals surface area contributed by atoms with Crippen LogP contribution in [0.1, 0.15) is 0 Å².